The van der Waals surface area contributed by atoms with E-state index in [9.17, 15) is 0 Å². The molecule has 5 rings (SSSR count). The first-order valence-corrected chi connectivity index (χ1v) is 12.8. The van der Waals surface area contributed by atoms with Gasteiger partial charge in [0.15, 0.2) is 0 Å². The molecule has 0 aliphatic carbocycles. The molecule has 1 atom stereocenters. The zero-order valence-electron chi connectivity index (χ0n) is 22.2. The van der Waals surface area contributed by atoms with E-state index in [0.717, 1.165) is 44.9 Å². The molecule has 7 nitrogen and oxygen atoms in total. The van der Waals surface area contributed by atoms with Crippen LogP contribution in [0.4, 0.5) is 11.5 Å². The second-order valence-corrected chi connectivity index (χ2v) is 9.10. The number of hydrogen-bond donors (Lipinski definition) is 1. The van der Waals surface area contributed by atoms with Crippen LogP contribution in [0.2, 0.25) is 0 Å². The zero-order chi connectivity index (χ0) is 27.0. The predicted molar refractivity (Wildman–Crippen MR) is 159 cm³/mol. The van der Waals surface area contributed by atoms with Crippen LogP contribution < -0.4 is 10.2 Å². The minimum atomic E-state index is -0.0627. The number of nitrogens with one attached hydrogen (secondary N) is 1. The summed E-state index contributed by atoms with van der Waals surface area (Å²) in [5.74, 6) is 1.50. The van der Waals surface area contributed by atoms with Crippen molar-refractivity contribution in [3.8, 4) is 22.5 Å². The van der Waals surface area contributed by atoms with Crippen LogP contribution in [-0.2, 0) is 9.47 Å². The van der Waals surface area contributed by atoms with E-state index in [1.807, 2.05) is 67.7 Å². The maximum absolute atomic E-state index is 6.46. The van der Waals surface area contributed by atoms with E-state index in [4.69, 9.17) is 18.9 Å². The molecule has 200 valence electrons. The molecule has 1 N–H and O–H groups in total. The van der Waals surface area contributed by atoms with Gasteiger partial charge in [-0.15, -0.1) is 6.58 Å². The van der Waals surface area contributed by atoms with Gasteiger partial charge in [0.2, 0.25) is 5.71 Å². The quantitative estimate of drug-likeness (QED) is 0.106. The number of benzene rings is 3. The average Bonchev–Trinajstić information content (AvgIpc) is 3.39. The van der Waals surface area contributed by atoms with Crippen molar-refractivity contribution >= 4 is 22.6 Å². The first kappa shape index (κ1) is 26.2. The maximum Gasteiger partial charge on any atom is 0.232 e. The Balaban J connectivity index is 0.00000370. The highest BCUT2D eigenvalue weighted by molar-refractivity contribution is 6.06. The van der Waals surface area contributed by atoms with E-state index in [2.05, 4.69) is 46.0 Å². The van der Waals surface area contributed by atoms with Crippen LogP contribution in [0.15, 0.2) is 108 Å². The Kier molecular flexibility index (Phi) is 8.31. The molecule has 0 aliphatic rings. The summed E-state index contributed by atoms with van der Waals surface area (Å²) in [6.45, 7) is 5.05. The molecule has 0 spiro atoms. The summed E-state index contributed by atoms with van der Waals surface area (Å²) in [4.78, 5) is 11.5. The fourth-order valence-electron chi connectivity index (χ4n) is 4.73. The van der Waals surface area contributed by atoms with Crippen LogP contribution in [0, 0.1) is 0 Å². The van der Waals surface area contributed by atoms with E-state index in [1.165, 1.54) is 0 Å². The van der Waals surface area contributed by atoms with Gasteiger partial charge in [0.05, 0.1) is 24.6 Å². The van der Waals surface area contributed by atoms with Gasteiger partial charge in [-0.1, -0.05) is 78.9 Å². The highest BCUT2D eigenvalue weighted by atomic mass is 16.5. The van der Waals surface area contributed by atoms with Gasteiger partial charge in [0, 0.05) is 32.4 Å². The van der Waals surface area contributed by atoms with Gasteiger partial charge in [0.1, 0.15) is 24.6 Å². The number of likely N-dealkylation sites (N-methyl/N-ethyl adjacent to an activating group) is 1. The molecule has 0 aliphatic heterocycles. The summed E-state index contributed by atoms with van der Waals surface area (Å²) in [6, 6.07) is 28.5. The zero-order valence-corrected chi connectivity index (χ0v) is 22.2. The smallest absolute Gasteiger partial charge is 0.232 e. The molecule has 2 heterocycles. The minimum absolute atomic E-state index is 0. The van der Waals surface area contributed by atoms with E-state index < -0.39 is 0 Å². The summed E-state index contributed by atoms with van der Waals surface area (Å²) in [6.07, 6.45) is 3.28. The van der Waals surface area contributed by atoms with Crippen LogP contribution in [0.5, 0.6) is 0 Å². The fraction of sp³-hybridized carbons (Fsp3) is 0.188. The Morgan fingerprint density at radius 1 is 1.00 bits per heavy atom. The Morgan fingerprint density at radius 3 is 2.49 bits per heavy atom. The fourth-order valence-corrected chi connectivity index (χ4v) is 4.73. The molecule has 0 saturated carbocycles. The average molecular weight is 523 g/mol. The summed E-state index contributed by atoms with van der Waals surface area (Å²) >= 11 is 0. The first-order chi connectivity index (χ1) is 19.2. The normalized spacial score (nSPS) is 11.8. The number of fused-ring (bicyclic) bond motifs is 1. The van der Waals surface area contributed by atoms with Crippen LogP contribution >= 0.6 is 0 Å². The van der Waals surface area contributed by atoms with E-state index in [0.29, 0.717) is 25.7 Å². The van der Waals surface area contributed by atoms with Gasteiger partial charge in [0.25, 0.3) is 0 Å². The Hall–Kier alpha value is -4.46. The molecule has 0 saturated heterocycles. The van der Waals surface area contributed by atoms with Crippen molar-refractivity contribution in [2.45, 2.75) is 6.04 Å². The Morgan fingerprint density at radius 2 is 1.74 bits per heavy atom. The number of nitrogens with zero attached hydrogens (tertiary/aromatic N) is 3. The molecular weight excluding hydrogens is 488 g/mol. The maximum atomic E-state index is 6.46. The third kappa shape index (κ3) is 5.70. The van der Waals surface area contributed by atoms with Gasteiger partial charge < -0.3 is 24.1 Å². The third-order valence-electron chi connectivity index (χ3n) is 6.58. The van der Waals surface area contributed by atoms with Gasteiger partial charge in [-0.2, -0.15) is 0 Å². The Bertz CT molecular complexity index is 1530. The SMILES string of the molecule is C=CCOCNc1cccc(-c2c(-c3ccccc3)oc3ncnc(N(C)C(COC)c4ccccc4)c23)c1.[HH]. The van der Waals surface area contributed by atoms with Crippen molar-refractivity contribution in [1.82, 2.24) is 9.97 Å². The van der Waals surface area contributed by atoms with Crippen molar-refractivity contribution in [3.05, 3.63) is 109 Å². The summed E-state index contributed by atoms with van der Waals surface area (Å²) in [5.41, 5.74) is 5.46. The van der Waals surface area contributed by atoms with E-state index in [-0.39, 0.29) is 7.47 Å². The first-order valence-electron chi connectivity index (χ1n) is 12.8. The monoisotopic (exact) mass is 522 g/mol. The molecule has 7 heteroatoms. The molecule has 5 aromatic rings. The number of ether oxygens (including phenoxy) is 2. The predicted octanol–water partition coefficient (Wildman–Crippen LogP) is 7.20. The van der Waals surface area contributed by atoms with E-state index >= 15 is 0 Å². The number of hydrogen-bond acceptors (Lipinski definition) is 7. The molecule has 3 aromatic carbocycles. The van der Waals surface area contributed by atoms with Crippen LogP contribution in [-0.4, -0.2) is 44.1 Å². The number of furan rings is 1. The lowest BCUT2D eigenvalue weighted by molar-refractivity contribution is 0.178. The summed E-state index contributed by atoms with van der Waals surface area (Å²) in [7, 11) is 3.75. The highest BCUT2D eigenvalue weighted by Crippen LogP contribution is 2.44. The minimum Gasteiger partial charge on any atom is -0.437 e. The van der Waals surface area contributed by atoms with Gasteiger partial charge in [-0.3, -0.25) is 0 Å². The molecule has 39 heavy (non-hydrogen) atoms. The largest absolute Gasteiger partial charge is 0.437 e. The van der Waals surface area contributed by atoms with Crippen molar-refractivity contribution in [1.29, 1.82) is 0 Å². The molecule has 2 aromatic heterocycles. The lowest BCUT2D eigenvalue weighted by Gasteiger charge is -2.29. The van der Waals surface area contributed by atoms with Crippen molar-refractivity contribution < 1.29 is 15.3 Å². The number of anilines is 2. The van der Waals surface area contributed by atoms with Gasteiger partial charge in [-0.05, 0) is 23.3 Å². The molecule has 0 radical (unpaired) electrons. The van der Waals surface area contributed by atoms with E-state index in [1.54, 1.807) is 19.5 Å². The standard InChI is InChI=1S/C32H32N4O3.H2/c1-4-18-38-22-35-26-17-11-16-25(19-26)28-29-31(36(2)27(20-37-3)23-12-7-5-8-13-23)33-21-34-32(29)39-30(28)24-14-9-6-10-15-24;/h4-17,19,21,27,35H,1,18,20,22H2,2-3H3;1H. The third-order valence-corrected chi connectivity index (χ3v) is 6.58. The lowest BCUT2D eigenvalue weighted by atomic mass is 9.98. The van der Waals surface area contributed by atoms with Gasteiger partial charge in [-0.25, -0.2) is 9.97 Å². The molecular formula is C32H34N4O3. The highest BCUT2D eigenvalue weighted by Gasteiger charge is 2.27. The van der Waals surface area contributed by atoms with Crippen molar-refractivity contribution in [2.75, 3.05) is 44.3 Å². The molecule has 0 fully saturated rings. The number of aromatic nitrogens is 2. The molecule has 0 bridgehead atoms. The Labute approximate surface area is 230 Å². The van der Waals surface area contributed by atoms with Crippen LogP contribution in [0.25, 0.3) is 33.6 Å². The number of methoxy groups -OCH3 is 1. The topological polar surface area (TPSA) is 72.7 Å². The second-order valence-electron chi connectivity index (χ2n) is 9.10. The van der Waals surface area contributed by atoms with Gasteiger partial charge >= 0.3 is 0 Å². The van der Waals surface area contributed by atoms with Crippen molar-refractivity contribution in [3.63, 3.8) is 0 Å². The number of rotatable bonds is 12. The lowest BCUT2D eigenvalue weighted by Crippen LogP contribution is -2.28. The van der Waals surface area contributed by atoms with Crippen LogP contribution in [0.3, 0.4) is 0 Å². The summed E-state index contributed by atoms with van der Waals surface area (Å²) in [5, 5.41) is 4.17. The van der Waals surface area contributed by atoms with Crippen molar-refractivity contribution in [2.24, 2.45) is 0 Å². The molecule has 0 amide bonds. The summed E-state index contributed by atoms with van der Waals surface area (Å²) < 4.78 is 17.6. The van der Waals surface area contributed by atoms with Crippen LogP contribution in [0.1, 0.15) is 13.0 Å². The molecule has 1 unspecified atom stereocenters. The second kappa shape index (κ2) is 12.4.